The van der Waals surface area contributed by atoms with Crippen molar-refractivity contribution in [3.63, 3.8) is 0 Å². The van der Waals surface area contributed by atoms with Crippen molar-refractivity contribution in [2.45, 2.75) is 13.1 Å². The summed E-state index contributed by atoms with van der Waals surface area (Å²) >= 11 is 0. The van der Waals surface area contributed by atoms with Gasteiger partial charge < -0.3 is 5.32 Å². The van der Waals surface area contributed by atoms with Gasteiger partial charge in [-0.15, -0.1) is 0 Å². The normalized spacial score (nSPS) is 10.7. The van der Waals surface area contributed by atoms with Gasteiger partial charge in [0.25, 0.3) is 0 Å². The van der Waals surface area contributed by atoms with E-state index in [1.165, 1.54) is 29.1 Å². The van der Waals surface area contributed by atoms with Crippen LogP contribution < -0.4 is 11.0 Å². The SMILES string of the molecule is O=C(Cn1cccnc1=O)NCCn1nc(-c2ccc(F)cc2)cc1-c1cccnc1. The molecule has 4 rings (SSSR count). The Bertz CT molecular complexity index is 1230. The van der Waals surface area contributed by atoms with Gasteiger partial charge in [0.1, 0.15) is 12.4 Å². The summed E-state index contributed by atoms with van der Waals surface area (Å²) in [5.74, 6) is -0.616. The summed E-state index contributed by atoms with van der Waals surface area (Å²) in [4.78, 5) is 31.6. The molecule has 0 fully saturated rings. The molecule has 0 atom stereocenters. The minimum atomic E-state index is -0.479. The summed E-state index contributed by atoms with van der Waals surface area (Å²) in [6.45, 7) is 0.604. The van der Waals surface area contributed by atoms with Crippen LogP contribution in [0.4, 0.5) is 4.39 Å². The highest BCUT2D eigenvalue weighted by Crippen LogP contribution is 2.25. The predicted molar refractivity (Wildman–Crippen MR) is 112 cm³/mol. The molecule has 3 aromatic heterocycles. The standard InChI is InChI=1S/C22H19FN6O2/c23-18-6-4-16(5-7-18)19-13-20(17-3-1-8-24-14-17)29(27-19)12-10-25-21(30)15-28-11-2-9-26-22(28)31/h1-9,11,13-14H,10,12,15H2,(H,25,30). The van der Waals surface area contributed by atoms with E-state index in [0.29, 0.717) is 18.8 Å². The zero-order valence-electron chi connectivity index (χ0n) is 16.5. The molecule has 9 heteroatoms. The smallest absolute Gasteiger partial charge is 0.347 e. The van der Waals surface area contributed by atoms with Gasteiger partial charge in [-0.1, -0.05) is 0 Å². The monoisotopic (exact) mass is 418 g/mol. The molecular weight excluding hydrogens is 399 g/mol. The van der Waals surface area contributed by atoms with Crippen LogP contribution in [0.2, 0.25) is 0 Å². The van der Waals surface area contributed by atoms with E-state index in [1.807, 2.05) is 18.2 Å². The molecule has 0 spiro atoms. The van der Waals surface area contributed by atoms with Crippen molar-refractivity contribution in [3.05, 3.63) is 89.6 Å². The van der Waals surface area contributed by atoms with Gasteiger partial charge in [-0.25, -0.2) is 14.2 Å². The minimum Gasteiger partial charge on any atom is -0.353 e. The number of pyridine rings is 1. The number of carbonyl (C=O) groups is 1. The Morgan fingerprint density at radius 3 is 2.65 bits per heavy atom. The summed E-state index contributed by atoms with van der Waals surface area (Å²) in [5, 5.41) is 7.42. The first kappa shape index (κ1) is 20.1. The van der Waals surface area contributed by atoms with E-state index < -0.39 is 5.69 Å². The highest BCUT2D eigenvalue weighted by Gasteiger charge is 2.12. The Labute approximate surface area is 177 Å². The number of aromatic nitrogens is 5. The molecule has 0 saturated carbocycles. The highest BCUT2D eigenvalue weighted by molar-refractivity contribution is 5.75. The van der Waals surface area contributed by atoms with Crippen LogP contribution in [0.15, 0.2) is 78.1 Å². The molecule has 0 aliphatic rings. The summed E-state index contributed by atoms with van der Waals surface area (Å²) in [7, 11) is 0. The van der Waals surface area contributed by atoms with Crippen LogP contribution in [-0.4, -0.2) is 36.8 Å². The molecule has 0 unspecified atom stereocenters. The van der Waals surface area contributed by atoms with Crippen LogP contribution in [0.5, 0.6) is 0 Å². The second-order valence-electron chi connectivity index (χ2n) is 6.77. The number of hydrogen-bond donors (Lipinski definition) is 1. The number of benzene rings is 1. The summed E-state index contributed by atoms with van der Waals surface area (Å²) < 4.78 is 16.3. The van der Waals surface area contributed by atoms with Crippen LogP contribution in [0, 0.1) is 5.82 Å². The molecule has 0 radical (unpaired) electrons. The Hall–Kier alpha value is -4.14. The molecule has 3 heterocycles. The topological polar surface area (TPSA) is 94.7 Å². The van der Waals surface area contributed by atoms with E-state index in [-0.39, 0.29) is 18.3 Å². The lowest BCUT2D eigenvalue weighted by Gasteiger charge is -2.09. The molecule has 0 bridgehead atoms. The number of hydrogen-bond acceptors (Lipinski definition) is 5. The van der Waals surface area contributed by atoms with Crippen molar-refractivity contribution in [2.24, 2.45) is 0 Å². The maximum absolute atomic E-state index is 13.3. The highest BCUT2D eigenvalue weighted by atomic mass is 19.1. The van der Waals surface area contributed by atoms with Crippen molar-refractivity contribution in [1.82, 2.24) is 29.6 Å². The van der Waals surface area contributed by atoms with Crippen LogP contribution >= 0.6 is 0 Å². The number of amides is 1. The van der Waals surface area contributed by atoms with Gasteiger partial charge in [-0.3, -0.25) is 19.0 Å². The number of rotatable bonds is 7. The zero-order chi connectivity index (χ0) is 21.6. The molecule has 1 amide bonds. The number of nitrogens with zero attached hydrogens (tertiary/aromatic N) is 5. The maximum Gasteiger partial charge on any atom is 0.347 e. The Kier molecular flexibility index (Phi) is 5.93. The van der Waals surface area contributed by atoms with Gasteiger partial charge >= 0.3 is 5.69 Å². The fourth-order valence-electron chi connectivity index (χ4n) is 3.11. The number of halogens is 1. The third-order valence-electron chi connectivity index (χ3n) is 4.62. The number of carbonyl (C=O) groups excluding carboxylic acids is 1. The first-order valence-corrected chi connectivity index (χ1v) is 9.62. The molecule has 0 saturated heterocycles. The fraction of sp³-hybridized carbons (Fsp3) is 0.136. The summed E-state index contributed by atoms with van der Waals surface area (Å²) in [6.07, 6.45) is 6.31. The van der Waals surface area contributed by atoms with Crippen LogP contribution in [-0.2, 0) is 17.9 Å². The minimum absolute atomic E-state index is 0.109. The van der Waals surface area contributed by atoms with Gasteiger partial charge in [0.15, 0.2) is 0 Å². The quantitative estimate of drug-likeness (QED) is 0.496. The van der Waals surface area contributed by atoms with Crippen molar-refractivity contribution in [3.8, 4) is 22.5 Å². The molecule has 156 valence electrons. The molecule has 31 heavy (non-hydrogen) atoms. The Morgan fingerprint density at radius 1 is 1.06 bits per heavy atom. The van der Waals surface area contributed by atoms with Crippen molar-refractivity contribution in [2.75, 3.05) is 6.54 Å². The van der Waals surface area contributed by atoms with Crippen LogP contribution in [0.3, 0.4) is 0 Å². The first-order chi connectivity index (χ1) is 15.1. The molecular formula is C22H19FN6O2. The third kappa shape index (κ3) is 4.89. The van der Waals surface area contributed by atoms with E-state index in [4.69, 9.17) is 0 Å². The van der Waals surface area contributed by atoms with Gasteiger partial charge in [-0.2, -0.15) is 5.10 Å². The van der Waals surface area contributed by atoms with E-state index in [9.17, 15) is 14.0 Å². The molecule has 4 aromatic rings. The van der Waals surface area contributed by atoms with Gasteiger partial charge in [0, 0.05) is 42.5 Å². The molecule has 1 N–H and O–H groups in total. The van der Waals surface area contributed by atoms with Crippen molar-refractivity contribution >= 4 is 5.91 Å². The summed E-state index contributed by atoms with van der Waals surface area (Å²) in [6, 6.07) is 13.4. The van der Waals surface area contributed by atoms with Gasteiger partial charge in [0.05, 0.1) is 17.9 Å². The molecule has 0 aliphatic heterocycles. The van der Waals surface area contributed by atoms with E-state index in [0.717, 1.165) is 16.8 Å². The van der Waals surface area contributed by atoms with E-state index in [1.54, 1.807) is 35.3 Å². The predicted octanol–water partition coefficient (Wildman–Crippen LogP) is 2.12. The average molecular weight is 418 g/mol. The van der Waals surface area contributed by atoms with E-state index >= 15 is 0 Å². The largest absolute Gasteiger partial charge is 0.353 e. The Morgan fingerprint density at radius 2 is 1.90 bits per heavy atom. The molecule has 8 nitrogen and oxygen atoms in total. The van der Waals surface area contributed by atoms with Crippen LogP contribution in [0.25, 0.3) is 22.5 Å². The fourth-order valence-corrected chi connectivity index (χ4v) is 3.11. The van der Waals surface area contributed by atoms with E-state index in [2.05, 4.69) is 20.4 Å². The lowest BCUT2D eigenvalue weighted by atomic mass is 10.1. The zero-order valence-corrected chi connectivity index (χ0v) is 16.5. The third-order valence-corrected chi connectivity index (χ3v) is 4.62. The van der Waals surface area contributed by atoms with Crippen molar-refractivity contribution < 1.29 is 9.18 Å². The first-order valence-electron chi connectivity index (χ1n) is 9.62. The number of nitrogens with one attached hydrogen (secondary N) is 1. The summed E-state index contributed by atoms with van der Waals surface area (Å²) in [5.41, 5.74) is 2.69. The maximum atomic E-state index is 13.3. The van der Waals surface area contributed by atoms with Gasteiger partial charge in [-0.05, 0) is 48.5 Å². The molecule has 1 aromatic carbocycles. The van der Waals surface area contributed by atoms with Gasteiger partial charge in [0.2, 0.25) is 5.91 Å². The van der Waals surface area contributed by atoms with Crippen molar-refractivity contribution in [1.29, 1.82) is 0 Å². The second kappa shape index (κ2) is 9.12. The Balaban J connectivity index is 1.50. The van der Waals surface area contributed by atoms with Crippen LogP contribution in [0.1, 0.15) is 0 Å². The lowest BCUT2D eigenvalue weighted by Crippen LogP contribution is -2.34. The average Bonchev–Trinajstić information content (AvgIpc) is 3.20. The molecule has 0 aliphatic carbocycles. The second-order valence-corrected chi connectivity index (χ2v) is 6.77. The lowest BCUT2D eigenvalue weighted by molar-refractivity contribution is -0.121.